The van der Waals surface area contributed by atoms with Crippen LogP contribution in [0.1, 0.15) is 40.4 Å². The Morgan fingerprint density at radius 2 is 1.97 bits per heavy atom. The number of carbonyl (C=O) groups excluding carboxylic acids is 3. The number of hydrogen-bond donors (Lipinski definition) is 2. The molecule has 0 aliphatic carbocycles. The van der Waals surface area contributed by atoms with E-state index in [0.717, 1.165) is 12.1 Å². The van der Waals surface area contributed by atoms with E-state index in [2.05, 4.69) is 10.6 Å². The number of anilines is 1. The number of ether oxygens (including phenoxy) is 2. The second-order valence-corrected chi connectivity index (χ2v) is 8.48. The van der Waals surface area contributed by atoms with Crippen molar-refractivity contribution >= 4 is 23.5 Å². The van der Waals surface area contributed by atoms with Crippen LogP contribution >= 0.6 is 0 Å². The Labute approximate surface area is 197 Å². The van der Waals surface area contributed by atoms with Crippen molar-refractivity contribution in [2.45, 2.75) is 32.0 Å². The average molecular weight is 470 g/mol. The minimum Gasteiger partial charge on any atom is -0.442 e. The molecule has 2 fully saturated rings. The minimum absolute atomic E-state index is 0.0435. The normalized spacial score (nSPS) is 20.2. The Hall–Kier alpha value is -3.30. The smallest absolute Gasteiger partial charge is 0.414 e. The highest BCUT2D eigenvalue weighted by Crippen LogP contribution is 2.28. The van der Waals surface area contributed by atoms with Crippen molar-refractivity contribution in [3.05, 3.63) is 65.0 Å². The molecule has 0 spiro atoms. The van der Waals surface area contributed by atoms with Crippen molar-refractivity contribution in [2.24, 2.45) is 0 Å². The van der Waals surface area contributed by atoms with Gasteiger partial charge >= 0.3 is 6.09 Å². The van der Waals surface area contributed by atoms with Crippen molar-refractivity contribution in [1.82, 2.24) is 10.6 Å². The summed E-state index contributed by atoms with van der Waals surface area (Å²) in [7, 11) is 0. The van der Waals surface area contributed by atoms with Crippen LogP contribution in [0.2, 0.25) is 0 Å². The standard InChI is InChI=1S/C25H28FN3O5/c1-16-2-4-17(5-3-16)22(30)8-9-24(31)28-13-19-15-29(25(32)34-19)18-6-7-20(21(26)12-18)23-14-27-10-11-33-23/h2-7,12,19,23,27H,8-11,13-15H2,1H3,(H,28,31)/t19-,23?/m0/s1. The van der Waals surface area contributed by atoms with E-state index in [1.54, 1.807) is 24.3 Å². The monoisotopic (exact) mass is 469 g/mol. The molecule has 2 aromatic carbocycles. The maximum Gasteiger partial charge on any atom is 0.414 e. The zero-order valence-electron chi connectivity index (χ0n) is 19.0. The molecule has 0 bridgehead atoms. The molecule has 9 heteroatoms. The number of nitrogens with one attached hydrogen (secondary N) is 2. The summed E-state index contributed by atoms with van der Waals surface area (Å²) in [6, 6.07) is 11.8. The van der Waals surface area contributed by atoms with Crippen LogP contribution in [0.3, 0.4) is 0 Å². The number of carbonyl (C=O) groups is 3. The lowest BCUT2D eigenvalue weighted by Crippen LogP contribution is -2.35. The summed E-state index contributed by atoms with van der Waals surface area (Å²) in [6.07, 6.45) is -1.40. The largest absolute Gasteiger partial charge is 0.442 e. The molecule has 2 heterocycles. The van der Waals surface area contributed by atoms with E-state index in [1.807, 2.05) is 19.1 Å². The van der Waals surface area contributed by atoms with Gasteiger partial charge in [-0.2, -0.15) is 0 Å². The van der Waals surface area contributed by atoms with Crippen LogP contribution < -0.4 is 15.5 Å². The number of nitrogens with zero attached hydrogens (tertiary/aromatic N) is 1. The predicted octanol–water partition coefficient (Wildman–Crippen LogP) is 2.90. The van der Waals surface area contributed by atoms with Gasteiger partial charge < -0.3 is 20.1 Å². The highest BCUT2D eigenvalue weighted by atomic mass is 19.1. The molecule has 2 amide bonds. The first-order valence-electron chi connectivity index (χ1n) is 11.4. The maximum absolute atomic E-state index is 14.7. The molecule has 34 heavy (non-hydrogen) atoms. The highest BCUT2D eigenvalue weighted by Gasteiger charge is 2.33. The third-order valence-corrected chi connectivity index (χ3v) is 5.92. The molecule has 8 nitrogen and oxygen atoms in total. The summed E-state index contributed by atoms with van der Waals surface area (Å²) in [5, 5.41) is 5.87. The molecular formula is C25H28FN3O5. The van der Waals surface area contributed by atoms with Gasteiger partial charge in [-0.15, -0.1) is 0 Å². The van der Waals surface area contributed by atoms with E-state index in [1.165, 1.54) is 11.0 Å². The number of morpholine rings is 1. The summed E-state index contributed by atoms with van der Waals surface area (Å²) >= 11 is 0. The lowest BCUT2D eigenvalue weighted by atomic mass is 10.0. The molecular weight excluding hydrogens is 441 g/mol. The van der Waals surface area contributed by atoms with Gasteiger partial charge in [-0.05, 0) is 19.1 Å². The number of hydrogen-bond acceptors (Lipinski definition) is 6. The van der Waals surface area contributed by atoms with Gasteiger partial charge in [0.25, 0.3) is 0 Å². The summed E-state index contributed by atoms with van der Waals surface area (Å²) in [5.41, 5.74) is 2.45. The quantitative estimate of drug-likeness (QED) is 0.577. The van der Waals surface area contributed by atoms with Crippen LogP contribution in [-0.2, 0) is 14.3 Å². The number of ketones is 1. The van der Waals surface area contributed by atoms with Gasteiger partial charge in [-0.3, -0.25) is 14.5 Å². The fraction of sp³-hybridized carbons (Fsp3) is 0.400. The highest BCUT2D eigenvalue weighted by molar-refractivity contribution is 5.98. The average Bonchev–Trinajstić information content (AvgIpc) is 3.22. The predicted molar refractivity (Wildman–Crippen MR) is 123 cm³/mol. The fourth-order valence-corrected chi connectivity index (χ4v) is 3.98. The molecule has 2 atom stereocenters. The third kappa shape index (κ3) is 5.78. The van der Waals surface area contributed by atoms with Gasteiger partial charge in [0.1, 0.15) is 11.9 Å². The topological polar surface area (TPSA) is 97.0 Å². The third-order valence-electron chi connectivity index (χ3n) is 5.92. The number of halogens is 1. The van der Waals surface area contributed by atoms with Gasteiger partial charge in [0.2, 0.25) is 5.91 Å². The molecule has 2 N–H and O–H groups in total. The molecule has 180 valence electrons. The molecule has 0 aromatic heterocycles. The molecule has 1 unspecified atom stereocenters. The number of amides is 2. The zero-order chi connectivity index (χ0) is 24.1. The number of cyclic esters (lactones) is 1. The Bertz CT molecular complexity index is 1050. The van der Waals surface area contributed by atoms with Gasteiger partial charge in [0, 0.05) is 37.1 Å². The first kappa shape index (κ1) is 23.8. The van der Waals surface area contributed by atoms with Crippen LogP contribution in [0.25, 0.3) is 0 Å². The van der Waals surface area contributed by atoms with Crippen molar-refractivity contribution in [3.63, 3.8) is 0 Å². The number of aryl methyl sites for hydroxylation is 1. The van der Waals surface area contributed by atoms with Crippen LogP contribution in [0.15, 0.2) is 42.5 Å². The van der Waals surface area contributed by atoms with Crippen LogP contribution in [0.5, 0.6) is 0 Å². The first-order valence-corrected chi connectivity index (χ1v) is 11.4. The number of benzene rings is 2. The SMILES string of the molecule is Cc1ccc(C(=O)CCC(=O)NC[C@H]2CN(c3ccc(C4CNCCO4)c(F)c3)C(=O)O2)cc1. The van der Waals surface area contributed by atoms with Crippen molar-refractivity contribution in [2.75, 3.05) is 37.7 Å². The molecule has 2 aliphatic rings. The molecule has 4 rings (SSSR count). The van der Waals surface area contributed by atoms with Gasteiger partial charge in [-0.25, -0.2) is 9.18 Å². The Balaban J connectivity index is 1.25. The number of Topliss-reactive ketones (excluding diaryl/α,β-unsaturated/α-hetero) is 1. The minimum atomic E-state index is -0.600. The van der Waals surface area contributed by atoms with E-state index in [9.17, 15) is 18.8 Å². The lowest BCUT2D eigenvalue weighted by Gasteiger charge is -2.25. The van der Waals surface area contributed by atoms with E-state index < -0.39 is 18.0 Å². The van der Waals surface area contributed by atoms with Crippen LogP contribution in [0, 0.1) is 12.7 Å². The van der Waals surface area contributed by atoms with E-state index >= 15 is 0 Å². The second-order valence-electron chi connectivity index (χ2n) is 8.48. The van der Waals surface area contributed by atoms with Gasteiger partial charge in [-0.1, -0.05) is 35.9 Å². The Kier molecular flexibility index (Phi) is 7.54. The fourth-order valence-electron chi connectivity index (χ4n) is 3.98. The second kappa shape index (κ2) is 10.8. The van der Waals surface area contributed by atoms with Crippen molar-refractivity contribution in [3.8, 4) is 0 Å². The van der Waals surface area contributed by atoms with E-state index in [-0.39, 0.29) is 43.7 Å². The van der Waals surface area contributed by atoms with Crippen LogP contribution in [0.4, 0.5) is 14.9 Å². The summed E-state index contributed by atoms with van der Waals surface area (Å²) in [6.45, 7) is 4.01. The zero-order valence-corrected chi connectivity index (χ0v) is 19.0. The van der Waals surface area contributed by atoms with Crippen molar-refractivity contribution in [1.29, 1.82) is 0 Å². The van der Waals surface area contributed by atoms with Crippen molar-refractivity contribution < 1.29 is 28.2 Å². The lowest BCUT2D eigenvalue weighted by molar-refractivity contribution is -0.121. The molecule has 2 saturated heterocycles. The van der Waals surface area contributed by atoms with E-state index in [0.29, 0.717) is 30.0 Å². The first-order chi connectivity index (χ1) is 16.4. The van der Waals surface area contributed by atoms with Crippen LogP contribution in [-0.4, -0.2) is 56.7 Å². The van der Waals surface area contributed by atoms with Gasteiger partial charge in [0.05, 0.1) is 31.5 Å². The Morgan fingerprint density at radius 1 is 1.18 bits per heavy atom. The summed E-state index contributed by atoms with van der Waals surface area (Å²) in [4.78, 5) is 38.0. The molecule has 0 radical (unpaired) electrons. The summed E-state index contributed by atoms with van der Waals surface area (Å²) < 4.78 is 25.6. The van der Waals surface area contributed by atoms with E-state index in [4.69, 9.17) is 9.47 Å². The molecule has 2 aromatic rings. The molecule has 0 saturated carbocycles. The molecule has 2 aliphatic heterocycles. The maximum atomic E-state index is 14.7. The number of rotatable bonds is 8. The summed E-state index contributed by atoms with van der Waals surface area (Å²) in [5.74, 6) is -0.853. The Morgan fingerprint density at radius 3 is 2.68 bits per heavy atom. The van der Waals surface area contributed by atoms with Gasteiger partial charge in [0.15, 0.2) is 5.78 Å².